The average molecular weight is 472 g/mol. The Labute approximate surface area is 201 Å². The quantitative estimate of drug-likeness (QED) is 0.666. The lowest BCUT2D eigenvalue weighted by Crippen LogP contribution is -2.61. The maximum atomic E-state index is 13.5. The van der Waals surface area contributed by atoms with Crippen molar-refractivity contribution in [2.75, 3.05) is 25.0 Å². The van der Waals surface area contributed by atoms with Crippen LogP contribution in [0.3, 0.4) is 0 Å². The fraction of sp³-hybridized carbons (Fsp3) is 0.462. The zero-order chi connectivity index (χ0) is 24.4. The first-order valence-electron chi connectivity index (χ1n) is 11.3. The Hall–Kier alpha value is -2.57. The van der Waals surface area contributed by atoms with Crippen molar-refractivity contribution < 1.29 is 14.7 Å². The maximum absolute atomic E-state index is 13.5. The average Bonchev–Trinajstić information content (AvgIpc) is 2.78. The summed E-state index contributed by atoms with van der Waals surface area (Å²) in [5.41, 5.74) is -0.140. The van der Waals surface area contributed by atoms with Crippen LogP contribution in [0.25, 0.3) is 0 Å². The number of piperidine rings is 1. The number of rotatable bonds is 5. The normalized spacial score (nSPS) is 20.9. The van der Waals surface area contributed by atoms with Crippen molar-refractivity contribution in [3.63, 3.8) is 0 Å². The highest BCUT2D eigenvalue weighted by atomic mass is 35.5. The molecule has 1 aliphatic rings. The van der Waals surface area contributed by atoms with Crippen LogP contribution in [0.5, 0.6) is 0 Å². The van der Waals surface area contributed by atoms with Crippen molar-refractivity contribution in [3.05, 3.63) is 65.2 Å². The number of benzene rings is 2. The molecule has 0 unspecified atom stereocenters. The molecule has 2 atom stereocenters. The van der Waals surface area contributed by atoms with Crippen molar-refractivity contribution in [3.8, 4) is 0 Å². The molecule has 1 saturated heterocycles. The molecule has 3 amide bonds. The standard InChI is InChI=1S/C26H34ClN3O3/c1-18(2)22(28-24(32)29(5)21-9-7-6-8-10-21)23(31)30-16-15-26(33,25(3,4)17-30)19-11-13-20(27)14-12-19/h6-14,18,22,33H,15-17H2,1-5H3,(H,28,32)/t22-,26+/m1/s1. The number of nitrogens with one attached hydrogen (secondary N) is 1. The van der Waals surface area contributed by atoms with Crippen molar-refractivity contribution in [2.24, 2.45) is 11.3 Å². The van der Waals surface area contributed by atoms with Crippen LogP contribution in [0.15, 0.2) is 54.6 Å². The highest BCUT2D eigenvalue weighted by Crippen LogP contribution is 2.46. The van der Waals surface area contributed by atoms with E-state index in [4.69, 9.17) is 11.6 Å². The first kappa shape index (κ1) is 25.1. The van der Waals surface area contributed by atoms with Gasteiger partial charge in [0.1, 0.15) is 6.04 Å². The molecule has 0 radical (unpaired) electrons. The number of likely N-dealkylation sites (tertiary alicyclic amines) is 1. The third-order valence-corrected chi connectivity index (χ3v) is 6.99. The van der Waals surface area contributed by atoms with Gasteiger partial charge in [0.2, 0.25) is 5.91 Å². The molecule has 6 nitrogen and oxygen atoms in total. The van der Waals surface area contributed by atoms with Gasteiger partial charge in [-0.05, 0) is 42.2 Å². The van der Waals surface area contributed by atoms with Gasteiger partial charge >= 0.3 is 6.03 Å². The van der Waals surface area contributed by atoms with E-state index in [1.807, 2.05) is 70.2 Å². The minimum atomic E-state index is -1.08. The smallest absolute Gasteiger partial charge is 0.322 e. The van der Waals surface area contributed by atoms with E-state index in [2.05, 4.69) is 5.32 Å². The summed E-state index contributed by atoms with van der Waals surface area (Å²) in [6.07, 6.45) is 0.399. The van der Waals surface area contributed by atoms with Crippen LogP contribution in [0.1, 0.15) is 39.7 Å². The predicted octanol–water partition coefficient (Wildman–Crippen LogP) is 4.66. The van der Waals surface area contributed by atoms with Gasteiger partial charge in [0.25, 0.3) is 0 Å². The number of hydrogen-bond acceptors (Lipinski definition) is 3. The number of anilines is 1. The summed E-state index contributed by atoms with van der Waals surface area (Å²) in [7, 11) is 1.68. The second-order valence-electron chi connectivity index (χ2n) is 9.83. The number of carbonyl (C=O) groups excluding carboxylic acids is 2. The van der Waals surface area contributed by atoms with E-state index in [0.29, 0.717) is 24.5 Å². The van der Waals surface area contributed by atoms with E-state index in [-0.39, 0.29) is 17.9 Å². The lowest BCUT2D eigenvalue weighted by Gasteiger charge is -2.51. The number of halogens is 1. The second kappa shape index (κ2) is 9.74. The molecular weight excluding hydrogens is 438 g/mol. The Kier molecular flexibility index (Phi) is 7.39. The minimum absolute atomic E-state index is 0.0918. The Morgan fingerprint density at radius 1 is 1.09 bits per heavy atom. The van der Waals surface area contributed by atoms with Gasteiger partial charge < -0.3 is 15.3 Å². The molecule has 1 aliphatic heterocycles. The van der Waals surface area contributed by atoms with E-state index in [0.717, 1.165) is 11.3 Å². The van der Waals surface area contributed by atoms with E-state index in [1.165, 1.54) is 4.90 Å². The summed E-state index contributed by atoms with van der Waals surface area (Å²) in [6.45, 7) is 8.54. The molecule has 0 saturated carbocycles. The molecule has 2 N–H and O–H groups in total. The summed E-state index contributed by atoms with van der Waals surface area (Å²) in [4.78, 5) is 29.7. The molecule has 178 valence electrons. The van der Waals surface area contributed by atoms with Crippen LogP contribution in [0.4, 0.5) is 10.5 Å². The van der Waals surface area contributed by atoms with E-state index >= 15 is 0 Å². The highest BCUT2D eigenvalue weighted by Gasteiger charge is 2.50. The molecule has 0 bridgehead atoms. The zero-order valence-corrected chi connectivity index (χ0v) is 20.8. The molecule has 2 aromatic carbocycles. The first-order chi connectivity index (χ1) is 15.5. The van der Waals surface area contributed by atoms with Crippen LogP contribution < -0.4 is 10.2 Å². The number of nitrogens with zero attached hydrogens (tertiary/aromatic N) is 2. The van der Waals surface area contributed by atoms with E-state index < -0.39 is 17.1 Å². The number of para-hydroxylation sites is 1. The third-order valence-electron chi connectivity index (χ3n) is 6.74. The first-order valence-corrected chi connectivity index (χ1v) is 11.7. The zero-order valence-electron chi connectivity index (χ0n) is 20.0. The van der Waals surface area contributed by atoms with Crippen molar-refractivity contribution in [1.82, 2.24) is 10.2 Å². The van der Waals surface area contributed by atoms with Gasteiger partial charge in [-0.15, -0.1) is 0 Å². The summed E-state index contributed by atoms with van der Waals surface area (Å²) in [6, 6.07) is 15.5. The second-order valence-corrected chi connectivity index (χ2v) is 10.3. The van der Waals surface area contributed by atoms with Gasteiger partial charge in [0.15, 0.2) is 0 Å². The fourth-order valence-corrected chi connectivity index (χ4v) is 4.61. The summed E-state index contributed by atoms with van der Waals surface area (Å²) in [5.74, 6) is -0.225. The lowest BCUT2D eigenvalue weighted by atomic mass is 9.66. The Morgan fingerprint density at radius 2 is 1.70 bits per heavy atom. The Morgan fingerprint density at radius 3 is 2.24 bits per heavy atom. The summed E-state index contributed by atoms with van der Waals surface area (Å²) < 4.78 is 0. The molecule has 0 spiro atoms. The molecule has 33 heavy (non-hydrogen) atoms. The molecule has 7 heteroatoms. The molecular formula is C26H34ClN3O3. The van der Waals surface area contributed by atoms with Gasteiger partial charge in [-0.3, -0.25) is 9.69 Å². The number of urea groups is 1. The lowest BCUT2D eigenvalue weighted by molar-refractivity contribution is -0.155. The summed E-state index contributed by atoms with van der Waals surface area (Å²) >= 11 is 6.03. The molecule has 0 aromatic heterocycles. The van der Waals surface area contributed by atoms with Crippen LogP contribution in [-0.4, -0.2) is 48.1 Å². The van der Waals surface area contributed by atoms with Crippen LogP contribution in [0, 0.1) is 11.3 Å². The van der Waals surface area contributed by atoms with Gasteiger partial charge in [-0.2, -0.15) is 0 Å². The van der Waals surface area contributed by atoms with E-state index in [1.54, 1.807) is 24.1 Å². The summed E-state index contributed by atoms with van der Waals surface area (Å²) in [5, 5.41) is 15.1. The van der Waals surface area contributed by atoms with Crippen molar-refractivity contribution >= 4 is 29.2 Å². The van der Waals surface area contributed by atoms with Crippen LogP contribution in [-0.2, 0) is 10.4 Å². The molecule has 1 fully saturated rings. The Balaban J connectivity index is 1.74. The number of aliphatic hydroxyl groups is 1. The molecule has 0 aliphatic carbocycles. The van der Waals surface area contributed by atoms with Crippen molar-refractivity contribution in [2.45, 2.75) is 45.8 Å². The predicted molar refractivity (Wildman–Crippen MR) is 132 cm³/mol. The largest absolute Gasteiger partial charge is 0.384 e. The third kappa shape index (κ3) is 5.17. The van der Waals surface area contributed by atoms with E-state index in [9.17, 15) is 14.7 Å². The number of amides is 3. The fourth-order valence-electron chi connectivity index (χ4n) is 4.48. The van der Waals surface area contributed by atoms with Crippen LogP contribution in [0.2, 0.25) is 5.02 Å². The van der Waals surface area contributed by atoms with Gasteiger partial charge in [0, 0.05) is 36.3 Å². The van der Waals surface area contributed by atoms with Gasteiger partial charge in [-0.1, -0.05) is 69.6 Å². The topological polar surface area (TPSA) is 72.9 Å². The Bertz CT molecular complexity index is 978. The maximum Gasteiger partial charge on any atom is 0.322 e. The molecule has 3 rings (SSSR count). The number of carbonyl (C=O) groups is 2. The van der Waals surface area contributed by atoms with Gasteiger partial charge in [-0.25, -0.2) is 4.79 Å². The van der Waals surface area contributed by atoms with Gasteiger partial charge in [0.05, 0.1) is 5.60 Å². The minimum Gasteiger partial charge on any atom is -0.384 e. The SMILES string of the molecule is CC(C)[C@@H](NC(=O)N(C)c1ccccc1)C(=O)N1CC[C@](O)(c2ccc(Cl)cc2)C(C)(C)C1. The van der Waals surface area contributed by atoms with Crippen LogP contribution >= 0.6 is 11.6 Å². The van der Waals surface area contributed by atoms with Crippen molar-refractivity contribution in [1.29, 1.82) is 0 Å². The molecule has 1 heterocycles. The number of hydrogen-bond donors (Lipinski definition) is 2. The highest BCUT2D eigenvalue weighted by molar-refractivity contribution is 6.30. The molecule has 2 aromatic rings. The monoisotopic (exact) mass is 471 g/mol.